The van der Waals surface area contributed by atoms with Gasteiger partial charge in [0.2, 0.25) is 0 Å². The minimum absolute atomic E-state index is 0.0635. The zero-order valence-electron chi connectivity index (χ0n) is 10.9. The average molecular weight is 244 g/mol. The van der Waals surface area contributed by atoms with Crippen molar-refractivity contribution in [2.45, 2.75) is 32.9 Å². The van der Waals surface area contributed by atoms with Gasteiger partial charge in [-0.2, -0.15) is 0 Å². The fraction of sp³-hybridized carbons (Fsp3) is 0.357. The lowest BCUT2D eigenvalue weighted by Gasteiger charge is -2.18. The lowest BCUT2D eigenvalue weighted by atomic mass is 10.0. The number of nitrogens with one attached hydrogen (secondary N) is 1. The second kappa shape index (κ2) is 5.80. The zero-order valence-corrected chi connectivity index (χ0v) is 10.9. The van der Waals surface area contributed by atoms with E-state index in [0.717, 1.165) is 24.4 Å². The first-order chi connectivity index (χ1) is 8.76. The molecule has 1 aromatic heterocycles. The van der Waals surface area contributed by atoms with Gasteiger partial charge in [0.1, 0.15) is 11.9 Å². The molecule has 0 spiro atoms. The molecule has 0 aliphatic heterocycles. The number of benzene rings is 1. The van der Waals surface area contributed by atoms with Crippen LogP contribution in [0.4, 0.5) is 0 Å². The summed E-state index contributed by atoms with van der Waals surface area (Å²) in [4.78, 5) is 4.43. The summed E-state index contributed by atoms with van der Waals surface area (Å²) in [7, 11) is 0. The minimum Gasteiger partial charge on any atom is -0.333 e. The molecule has 0 aliphatic rings. The smallest absolute Gasteiger partial charge is 0.131 e. The van der Waals surface area contributed by atoms with Crippen LogP contribution in [-0.2, 0) is 6.54 Å². The molecule has 1 heterocycles. The Morgan fingerprint density at radius 1 is 1.44 bits per heavy atom. The Hall–Kier alpha value is -1.65. The first-order valence-corrected chi connectivity index (χ1v) is 6.30. The highest BCUT2D eigenvalue weighted by Gasteiger charge is 2.17. The van der Waals surface area contributed by atoms with E-state index in [9.17, 15) is 0 Å². The fourth-order valence-electron chi connectivity index (χ4n) is 2.18. The Morgan fingerprint density at radius 2 is 2.28 bits per heavy atom. The van der Waals surface area contributed by atoms with Crippen LogP contribution in [0.2, 0.25) is 0 Å². The summed E-state index contributed by atoms with van der Waals surface area (Å²) in [6.07, 6.45) is 4.90. The maximum atomic E-state index is 5.71. The van der Waals surface area contributed by atoms with E-state index in [1.807, 2.05) is 18.5 Å². The van der Waals surface area contributed by atoms with Crippen molar-refractivity contribution < 1.29 is 0 Å². The molecule has 0 bridgehead atoms. The van der Waals surface area contributed by atoms with Gasteiger partial charge in [-0.25, -0.2) is 10.4 Å². The number of hydrogen-bond acceptors (Lipinski definition) is 3. The summed E-state index contributed by atoms with van der Waals surface area (Å²) in [6, 6.07) is 8.27. The van der Waals surface area contributed by atoms with Crippen LogP contribution in [0.5, 0.6) is 0 Å². The number of imidazole rings is 1. The Morgan fingerprint density at radius 3 is 2.94 bits per heavy atom. The van der Waals surface area contributed by atoms with Crippen LogP contribution in [0.15, 0.2) is 36.7 Å². The number of hydrazine groups is 1. The van der Waals surface area contributed by atoms with Gasteiger partial charge in [-0.3, -0.25) is 5.84 Å². The van der Waals surface area contributed by atoms with E-state index < -0.39 is 0 Å². The number of nitrogens with two attached hydrogens (primary N) is 1. The Bertz CT molecular complexity index is 504. The van der Waals surface area contributed by atoms with Crippen LogP contribution in [0.25, 0.3) is 0 Å². The zero-order chi connectivity index (χ0) is 13.0. The van der Waals surface area contributed by atoms with Crippen molar-refractivity contribution in [1.82, 2.24) is 15.0 Å². The third kappa shape index (κ3) is 2.60. The number of nitrogens with zero attached hydrogens (tertiary/aromatic N) is 2. The molecule has 4 nitrogen and oxygen atoms in total. The molecule has 96 valence electrons. The van der Waals surface area contributed by atoms with E-state index in [1.165, 1.54) is 5.56 Å². The van der Waals surface area contributed by atoms with Crippen molar-refractivity contribution in [1.29, 1.82) is 0 Å². The standard InChI is InChI=1S/C14H20N4/c1-3-8-18-9-7-16-14(18)13(17-15)12-6-4-5-11(2)10-12/h4-7,9-10,13,17H,3,8,15H2,1-2H3. The van der Waals surface area contributed by atoms with Gasteiger partial charge in [-0.15, -0.1) is 0 Å². The van der Waals surface area contributed by atoms with Crippen LogP contribution in [0.1, 0.15) is 36.3 Å². The molecule has 2 rings (SSSR count). The van der Waals surface area contributed by atoms with Crippen molar-refractivity contribution in [2.24, 2.45) is 5.84 Å². The second-order valence-electron chi connectivity index (χ2n) is 4.49. The van der Waals surface area contributed by atoms with E-state index in [1.54, 1.807) is 0 Å². The van der Waals surface area contributed by atoms with E-state index in [0.29, 0.717) is 0 Å². The molecule has 4 heteroatoms. The highest BCUT2D eigenvalue weighted by molar-refractivity contribution is 5.29. The minimum atomic E-state index is -0.0635. The Kier molecular flexibility index (Phi) is 4.12. The van der Waals surface area contributed by atoms with Gasteiger partial charge in [0.15, 0.2) is 0 Å². The fourth-order valence-corrected chi connectivity index (χ4v) is 2.18. The van der Waals surface area contributed by atoms with E-state index in [2.05, 4.69) is 47.0 Å². The van der Waals surface area contributed by atoms with Crippen LogP contribution in [0.3, 0.4) is 0 Å². The summed E-state index contributed by atoms with van der Waals surface area (Å²) in [5.74, 6) is 6.67. The highest BCUT2D eigenvalue weighted by Crippen LogP contribution is 2.21. The van der Waals surface area contributed by atoms with Crippen molar-refractivity contribution in [3.63, 3.8) is 0 Å². The molecular weight excluding hydrogens is 224 g/mol. The van der Waals surface area contributed by atoms with Crippen molar-refractivity contribution in [3.8, 4) is 0 Å². The molecule has 0 fully saturated rings. The lowest BCUT2D eigenvalue weighted by molar-refractivity contribution is 0.545. The molecule has 0 saturated carbocycles. The summed E-state index contributed by atoms with van der Waals surface area (Å²) in [6.45, 7) is 5.19. The van der Waals surface area contributed by atoms with Gasteiger partial charge in [-0.1, -0.05) is 36.8 Å². The van der Waals surface area contributed by atoms with Crippen LogP contribution < -0.4 is 11.3 Å². The summed E-state index contributed by atoms with van der Waals surface area (Å²) < 4.78 is 2.15. The number of aromatic nitrogens is 2. The molecule has 3 N–H and O–H groups in total. The average Bonchev–Trinajstić information content (AvgIpc) is 2.79. The Labute approximate surface area is 108 Å². The third-order valence-electron chi connectivity index (χ3n) is 3.01. The van der Waals surface area contributed by atoms with Crippen molar-refractivity contribution in [3.05, 3.63) is 53.6 Å². The molecule has 1 unspecified atom stereocenters. The topological polar surface area (TPSA) is 55.9 Å². The number of hydrogen-bond donors (Lipinski definition) is 2. The van der Waals surface area contributed by atoms with Crippen LogP contribution in [-0.4, -0.2) is 9.55 Å². The molecule has 0 radical (unpaired) electrons. The maximum absolute atomic E-state index is 5.71. The predicted octanol–water partition coefficient (Wildman–Crippen LogP) is 2.15. The normalized spacial score (nSPS) is 12.6. The van der Waals surface area contributed by atoms with Crippen LogP contribution in [0, 0.1) is 6.92 Å². The van der Waals surface area contributed by atoms with Gasteiger partial charge in [0.05, 0.1) is 0 Å². The van der Waals surface area contributed by atoms with E-state index >= 15 is 0 Å². The molecule has 2 aromatic rings. The van der Waals surface area contributed by atoms with E-state index in [4.69, 9.17) is 5.84 Å². The van der Waals surface area contributed by atoms with E-state index in [-0.39, 0.29) is 6.04 Å². The largest absolute Gasteiger partial charge is 0.333 e. The number of rotatable bonds is 5. The molecule has 1 aromatic carbocycles. The van der Waals surface area contributed by atoms with Crippen molar-refractivity contribution in [2.75, 3.05) is 0 Å². The predicted molar refractivity (Wildman–Crippen MR) is 72.9 cm³/mol. The molecule has 0 saturated heterocycles. The lowest BCUT2D eigenvalue weighted by Crippen LogP contribution is -2.31. The summed E-state index contributed by atoms with van der Waals surface area (Å²) in [5, 5.41) is 0. The molecule has 1 atom stereocenters. The second-order valence-corrected chi connectivity index (χ2v) is 4.49. The summed E-state index contributed by atoms with van der Waals surface area (Å²) >= 11 is 0. The van der Waals surface area contributed by atoms with Gasteiger partial charge in [-0.05, 0) is 18.9 Å². The Balaban J connectivity index is 2.36. The SMILES string of the molecule is CCCn1ccnc1C(NN)c1cccc(C)c1. The van der Waals surface area contributed by atoms with Crippen LogP contribution >= 0.6 is 0 Å². The first-order valence-electron chi connectivity index (χ1n) is 6.30. The highest BCUT2D eigenvalue weighted by atomic mass is 15.3. The van der Waals surface area contributed by atoms with Gasteiger partial charge in [0, 0.05) is 18.9 Å². The van der Waals surface area contributed by atoms with Crippen molar-refractivity contribution >= 4 is 0 Å². The van der Waals surface area contributed by atoms with Gasteiger partial charge >= 0.3 is 0 Å². The van der Waals surface area contributed by atoms with Gasteiger partial charge < -0.3 is 4.57 Å². The molecular formula is C14H20N4. The number of aryl methyl sites for hydroxylation is 2. The molecule has 18 heavy (non-hydrogen) atoms. The maximum Gasteiger partial charge on any atom is 0.131 e. The summed E-state index contributed by atoms with van der Waals surface area (Å²) in [5.41, 5.74) is 5.23. The quantitative estimate of drug-likeness (QED) is 0.626. The molecule has 0 amide bonds. The third-order valence-corrected chi connectivity index (χ3v) is 3.01. The van der Waals surface area contributed by atoms with Gasteiger partial charge in [0.25, 0.3) is 0 Å². The molecule has 0 aliphatic carbocycles. The first kappa shape index (κ1) is 12.8. The monoisotopic (exact) mass is 244 g/mol.